The number of likely N-dealkylation sites (tertiary alicyclic amines) is 1. The number of methoxy groups -OCH3 is 1. The molecule has 0 radical (unpaired) electrons. The number of hydrogen-bond donors (Lipinski definition) is 0. The Hall–Kier alpha value is -0.390. The van der Waals surface area contributed by atoms with E-state index >= 15 is 0 Å². The average Bonchev–Trinajstić information content (AvgIpc) is 2.74. The second-order valence-corrected chi connectivity index (χ2v) is 6.85. The van der Waals surface area contributed by atoms with Crippen LogP contribution in [-0.4, -0.2) is 31.1 Å². The minimum Gasteiger partial charge on any atom is -0.469 e. The molecular formula is C12H16BrNO2S. The molecule has 1 aliphatic heterocycles. The normalized spacial score (nSPS) is 21.4. The van der Waals surface area contributed by atoms with Gasteiger partial charge < -0.3 is 4.74 Å². The summed E-state index contributed by atoms with van der Waals surface area (Å²) in [6.07, 6.45) is 2.03. The van der Waals surface area contributed by atoms with Crippen LogP contribution in [0.3, 0.4) is 0 Å². The smallest absolute Gasteiger partial charge is 0.309 e. The molecule has 94 valence electrons. The van der Waals surface area contributed by atoms with Crippen LogP contribution in [-0.2, 0) is 16.1 Å². The molecule has 1 aliphatic rings. The molecule has 3 nitrogen and oxygen atoms in total. The molecule has 1 saturated heterocycles. The maximum atomic E-state index is 11.5. The van der Waals surface area contributed by atoms with Crippen LogP contribution in [0.15, 0.2) is 15.9 Å². The topological polar surface area (TPSA) is 29.5 Å². The third-order valence-corrected chi connectivity index (χ3v) is 4.66. The van der Waals surface area contributed by atoms with Gasteiger partial charge in [0.25, 0.3) is 0 Å². The Bertz CT molecular complexity index is 394. The summed E-state index contributed by atoms with van der Waals surface area (Å²) in [5.74, 6) is -0.0146. The first-order chi connectivity index (χ1) is 8.19. The van der Waals surface area contributed by atoms with Crippen molar-refractivity contribution in [2.24, 2.45) is 5.92 Å². The van der Waals surface area contributed by atoms with Crippen LogP contribution in [0.2, 0.25) is 0 Å². The first-order valence-electron chi connectivity index (χ1n) is 5.73. The summed E-state index contributed by atoms with van der Waals surface area (Å²) < 4.78 is 5.98. The van der Waals surface area contributed by atoms with E-state index in [2.05, 4.69) is 33.0 Å². The van der Waals surface area contributed by atoms with E-state index in [1.165, 1.54) is 12.0 Å². The zero-order chi connectivity index (χ0) is 12.3. The number of nitrogens with zero attached hydrogens (tertiary/aromatic N) is 1. The van der Waals surface area contributed by atoms with Crippen molar-refractivity contribution in [2.75, 3.05) is 20.2 Å². The highest BCUT2D eigenvalue weighted by Crippen LogP contribution is 2.25. The summed E-state index contributed by atoms with van der Waals surface area (Å²) in [5.41, 5.74) is 0. The monoisotopic (exact) mass is 317 g/mol. The minimum atomic E-state index is -0.0675. The van der Waals surface area contributed by atoms with Crippen molar-refractivity contribution in [3.05, 3.63) is 20.8 Å². The number of carbonyl (C=O) groups excluding carboxylic acids is 1. The largest absolute Gasteiger partial charge is 0.469 e. The fraction of sp³-hybridized carbons (Fsp3) is 0.583. The van der Waals surface area contributed by atoms with Crippen molar-refractivity contribution in [1.82, 2.24) is 4.90 Å². The predicted molar refractivity (Wildman–Crippen MR) is 72.0 cm³/mol. The number of esters is 1. The number of piperidine rings is 1. The summed E-state index contributed by atoms with van der Waals surface area (Å²) in [6.45, 7) is 2.83. The summed E-state index contributed by atoms with van der Waals surface area (Å²) in [5, 5.41) is 0. The van der Waals surface area contributed by atoms with E-state index in [0.29, 0.717) is 0 Å². The number of rotatable bonds is 3. The number of thiophene rings is 1. The Morgan fingerprint density at radius 2 is 2.47 bits per heavy atom. The van der Waals surface area contributed by atoms with Crippen molar-refractivity contribution in [1.29, 1.82) is 0 Å². The second kappa shape index (κ2) is 5.98. The molecule has 0 unspecified atom stereocenters. The lowest BCUT2D eigenvalue weighted by Crippen LogP contribution is -2.38. The fourth-order valence-electron chi connectivity index (χ4n) is 2.22. The third-order valence-electron chi connectivity index (χ3n) is 3.05. The third kappa shape index (κ3) is 3.53. The molecule has 0 bridgehead atoms. The fourth-order valence-corrected chi connectivity index (χ4v) is 3.74. The Morgan fingerprint density at radius 1 is 1.65 bits per heavy atom. The van der Waals surface area contributed by atoms with Crippen LogP contribution in [0.1, 0.15) is 17.7 Å². The van der Waals surface area contributed by atoms with E-state index in [9.17, 15) is 4.79 Å². The van der Waals surface area contributed by atoms with Gasteiger partial charge >= 0.3 is 5.97 Å². The first-order valence-corrected chi connectivity index (χ1v) is 7.34. The molecule has 0 spiro atoms. The highest BCUT2D eigenvalue weighted by atomic mass is 79.9. The zero-order valence-corrected chi connectivity index (χ0v) is 12.2. The molecule has 0 saturated carbocycles. The molecular weight excluding hydrogens is 302 g/mol. The lowest BCUT2D eigenvalue weighted by Gasteiger charge is -2.30. The van der Waals surface area contributed by atoms with Crippen molar-refractivity contribution in [3.63, 3.8) is 0 Å². The van der Waals surface area contributed by atoms with Crippen molar-refractivity contribution >= 4 is 33.2 Å². The number of halogens is 1. The molecule has 0 aliphatic carbocycles. The van der Waals surface area contributed by atoms with Gasteiger partial charge in [-0.1, -0.05) is 0 Å². The van der Waals surface area contributed by atoms with E-state index in [1.807, 2.05) is 0 Å². The molecule has 2 heterocycles. The van der Waals surface area contributed by atoms with Crippen LogP contribution in [0.25, 0.3) is 0 Å². The molecule has 1 fully saturated rings. The summed E-state index contributed by atoms with van der Waals surface area (Å²) in [7, 11) is 1.47. The van der Waals surface area contributed by atoms with Crippen molar-refractivity contribution in [3.8, 4) is 0 Å². The molecule has 0 N–H and O–H groups in total. The van der Waals surface area contributed by atoms with Crippen molar-refractivity contribution < 1.29 is 9.53 Å². The molecule has 0 amide bonds. The summed E-state index contributed by atoms with van der Waals surface area (Å²) in [4.78, 5) is 15.2. The lowest BCUT2D eigenvalue weighted by molar-refractivity contribution is -0.147. The van der Waals surface area contributed by atoms with Crippen LogP contribution in [0, 0.1) is 5.92 Å². The number of hydrogen-bond acceptors (Lipinski definition) is 4. The van der Waals surface area contributed by atoms with Crippen LogP contribution < -0.4 is 0 Å². The Labute approximate surface area is 114 Å². The highest BCUT2D eigenvalue weighted by Gasteiger charge is 2.26. The van der Waals surface area contributed by atoms with Crippen LogP contribution >= 0.6 is 27.3 Å². The molecule has 1 atom stereocenters. The molecule has 5 heteroatoms. The van der Waals surface area contributed by atoms with Gasteiger partial charge in [-0.2, -0.15) is 0 Å². The SMILES string of the molecule is COC(=O)[C@H]1CCCN(Cc2ccc(Br)s2)C1. The van der Waals surface area contributed by atoms with Gasteiger partial charge in [0.15, 0.2) is 0 Å². The first kappa shape index (κ1) is 13.1. The van der Waals surface area contributed by atoms with Gasteiger partial charge in [-0.05, 0) is 47.4 Å². The Kier molecular flexibility index (Phi) is 4.59. The highest BCUT2D eigenvalue weighted by molar-refractivity contribution is 9.11. The summed E-state index contributed by atoms with van der Waals surface area (Å²) >= 11 is 5.22. The predicted octanol–water partition coefficient (Wildman–Crippen LogP) is 2.90. The van der Waals surface area contributed by atoms with Crippen molar-refractivity contribution in [2.45, 2.75) is 19.4 Å². The quantitative estimate of drug-likeness (QED) is 0.803. The maximum absolute atomic E-state index is 11.5. The lowest BCUT2D eigenvalue weighted by atomic mass is 9.98. The number of ether oxygens (including phenoxy) is 1. The molecule has 2 rings (SSSR count). The molecule has 17 heavy (non-hydrogen) atoms. The van der Waals surface area contributed by atoms with E-state index < -0.39 is 0 Å². The Balaban J connectivity index is 1.91. The molecule has 0 aromatic carbocycles. The summed E-state index contributed by atoms with van der Waals surface area (Å²) in [6, 6.07) is 4.21. The van der Waals surface area contributed by atoms with Gasteiger partial charge in [-0.3, -0.25) is 9.69 Å². The van der Waals surface area contributed by atoms with E-state index in [-0.39, 0.29) is 11.9 Å². The van der Waals surface area contributed by atoms with E-state index in [4.69, 9.17) is 4.74 Å². The van der Waals surface area contributed by atoms with Gasteiger partial charge in [-0.25, -0.2) is 0 Å². The van der Waals surface area contributed by atoms with Gasteiger partial charge in [-0.15, -0.1) is 11.3 Å². The van der Waals surface area contributed by atoms with Gasteiger partial charge in [0, 0.05) is 18.0 Å². The maximum Gasteiger partial charge on any atom is 0.309 e. The van der Waals surface area contributed by atoms with Crippen LogP contribution in [0.5, 0.6) is 0 Å². The van der Waals surface area contributed by atoms with E-state index in [0.717, 1.165) is 36.3 Å². The Morgan fingerprint density at radius 3 is 3.12 bits per heavy atom. The second-order valence-electron chi connectivity index (χ2n) is 4.30. The molecule has 1 aromatic heterocycles. The average molecular weight is 318 g/mol. The van der Waals surface area contributed by atoms with Crippen LogP contribution in [0.4, 0.5) is 0 Å². The van der Waals surface area contributed by atoms with Gasteiger partial charge in [0.2, 0.25) is 0 Å². The van der Waals surface area contributed by atoms with E-state index in [1.54, 1.807) is 11.3 Å². The standard InChI is InChI=1S/C12H16BrNO2S/c1-16-12(15)9-3-2-6-14(7-9)8-10-4-5-11(13)17-10/h4-5,9H,2-3,6-8H2,1H3/t9-/m0/s1. The number of carbonyl (C=O) groups is 1. The minimum absolute atomic E-state index is 0.0529. The van der Waals surface area contributed by atoms with Gasteiger partial charge in [0.05, 0.1) is 16.8 Å². The zero-order valence-electron chi connectivity index (χ0n) is 9.82. The van der Waals surface area contributed by atoms with Gasteiger partial charge in [0.1, 0.15) is 0 Å². The molecule has 1 aromatic rings.